The number of benzene rings is 1. The Morgan fingerprint density at radius 3 is 2.54 bits per heavy atom. The van der Waals surface area contributed by atoms with E-state index in [1.807, 2.05) is 30.3 Å². The molecule has 1 amide bonds. The molecule has 2 aliphatic rings. The number of nitrogens with two attached hydrogens (primary N) is 1. The fourth-order valence-corrected chi connectivity index (χ4v) is 5.69. The first-order valence-electron chi connectivity index (χ1n) is 9.48. The van der Waals surface area contributed by atoms with Crippen LogP contribution in [0, 0.1) is 5.92 Å². The number of hydrogen-bond donors (Lipinski definition) is 2. The van der Waals surface area contributed by atoms with E-state index in [4.69, 9.17) is 5.73 Å². The van der Waals surface area contributed by atoms with Crippen LogP contribution in [0.3, 0.4) is 0 Å². The Kier molecular flexibility index (Phi) is 5.99. The van der Waals surface area contributed by atoms with Gasteiger partial charge in [-0.1, -0.05) is 43.2 Å². The second kappa shape index (κ2) is 8.06. The van der Waals surface area contributed by atoms with Gasteiger partial charge in [-0.25, -0.2) is 12.7 Å². The summed E-state index contributed by atoms with van der Waals surface area (Å²) in [5.41, 5.74) is 6.39. The average Bonchev–Trinajstić information content (AvgIpc) is 3.11. The molecule has 1 saturated carbocycles. The Hall–Kier alpha value is -1.44. The monoisotopic (exact) mass is 379 g/mol. The van der Waals surface area contributed by atoms with Gasteiger partial charge in [-0.05, 0) is 31.2 Å². The summed E-state index contributed by atoms with van der Waals surface area (Å²) >= 11 is 0. The zero-order valence-corrected chi connectivity index (χ0v) is 16.0. The van der Waals surface area contributed by atoms with Gasteiger partial charge in [0.1, 0.15) is 0 Å². The summed E-state index contributed by atoms with van der Waals surface area (Å²) in [6.07, 6.45) is 5.43. The summed E-state index contributed by atoms with van der Waals surface area (Å²) in [7, 11) is -3.42. The molecular weight excluding hydrogens is 350 g/mol. The van der Waals surface area contributed by atoms with Crippen molar-refractivity contribution < 1.29 is 13.2 Å². The number of nitrogens with one attached hydrogen (secondary N) is 1. The van der Waals surface area contributed by atoms with Gasteiger partial charge >= 0.3 is 0 Å². The number of carbonyl (C=O) groups is 1. The predicted octanol–water partition coefficient (Wildman–Crippen LogP) is 1.62. The van der Waals surface area contributed by atoms with Crippen molar-refractivity contribution in [3.8, 4) is 0 Å². The lowest BCUT2D eigenvalue weighted by molar-refractivity contribution is -0.128. The normalized spacial score (nSPS) is 23.7. The highest BCUT2D eigenvalue weighted by Gasteiger charge is 2.38. The number of hydrogen-bond acceptors (Lipinski definition) is 4. The maximum absolute atomic E-state index is 12.8. The fraction of sp³-hybridized carbons (Fsp3) is 0.632. The van der Waals surface area contributed by atoms with Crippen molar-refractivity contribution in [1.82, 2.24) is 9.62 Å². The molecule has 1 saturated heterocycles. The second-order valence-electron chi connectivity index (χ2n) is 7.62. The smallest absolute Gasteiger partial charge is 0.224 e. The number of sulfonamides is 1. The van der Waals surface area contributed by atoms with Gasteiger partial charge in [-0.15, -0.1) is 0 Å². The van der Waals surface area contributed by atoms with Crippen LogP contribution in [0.25, 0.3) is 0 Å². The minimum Gasteiger partial charge on any atom is -0.349 e. The Morgan fingerprint density at radius 2 is 1.88 bits per heavy atom. The molecule has 1 aliphatic carbocycles. The van der Waals surface area contributed by atoms with E-state index in [1.54, 1.807) is 0 Å². The highest BCUT2D eigenvalue weighted by atomic mass is 32.2. The molecule has 0 spiro atoms. The van der Waals surface area contributed by atoms with Crippen LogP contribution < -0.4 is 11.1 Å². The third-order valence-electron chi connectivity index (χ3n) is 5.68. The van der Waals surface area contributed by atoms with E-state index >= 15 is 0 Å². The summed E-state index contributed by atoms with van der Waals surface area (Å²) in [5.74, 6) is -0.357. The molecule has 144 valence electrons. The minimum absolute atomic E-state index is 0.0189. The van der Waals surface area contributed by atoms with Gasteiger partial charge in [0.15, 0.2) is 0 Å². The van der Waals surface area contributed by atoms with Gasteiger partial charge in [0.2, 0.25) is 15.9 Å². The lowest BCUT2D eigenvalue weighted by Crippen LogP contribution is -2.55. The molecule has 2 fully saturated rings. The van der Waals surface area contributed by atoms with Crippen LogP contribution in [0.2, 0.25) is 0 Å². The molecule has 1 atom stereocenters. The second-order valence-corrected chi connectivity index (χ2v) is 9.59. The van der Waals surface area contributed by atoms with E-state index < -0.39 is 10.0 Å². The number of nitrogens with zero attached hydrogens (tertiary/aromatic N) is 1. The zero-order valence-electron chi connectivity index (χ0n) is 15.2. The Bertz CT molecular complexity index is 715. The molecular formula is C19H29N3O3S. The van der Waals surface area contributed by atoms with Gasteiger partial charge in [0.05, 0.1) is 17.2 Å². The van der Waals surface area contributed by atoms with Gasteiger partial charge in [-0.3, -0.25) is 4.79 Å². The molecule has 1 unspecified atom stereocenters. The van der Waals surface area contributed by atoms with Gasteiger partial charge in [0.25, 0.3) is 0 Å². The number of piperidine rings is 1. The molecule has 3 N–H and O–H groups in total. The molecule has 7 heteroatoms. The van der Waals surface area contributed by atoms with Crippen molar-refractivity contribution in [2.24, 2.45) is 11.7 Å². The van der Waals surface area contributed by atoms with E-state index in [2.05, 4.69) is 5.32 Å². The van der Waals surface area contributed by atoms with Crippen molar-refractivity contribution >= 4 is 15.9 Å². The summed E-state index contributed by atoms with van der Waals surface area (Å²) in [6.45, 7) is 1.20. The summed E-state index contributed by atoms with van der Waals surface area (Å²) in [4.78, 5) is 12.8. The number of carbonyl (C=O) groups excluding carboxylic acids is 1. The molecule has 1 heterocycles. The molecule has 26 heavy (non-hydrogen) atoms. The van der Waals surface area contributed by atoms with Gasteiger partial charge < -0.3 is 11.1 Å². The van der Waals surface area contributed by atoms with Crippen LogP contribution in [0.1, 0.15) is 44.1 Å². The largest absolute Gasteiger partial charge is 0.349 e. The molecule has 0 bridgehead atoms. The lowest BCUT2D eigenvalue weighted by Gasteiger charge is -2.35. The van der Waals surface area contributed by atoms with Gasteiger partial charge in [0, 0.05) is 19.6 Å². The Balaban J connectivity index is 1.64. The van der Waals surface area contributed by atoms with Crippen LogP contribution in [0.15, 0.2) is 30.3 Å². The first-order chi connectivity index (χ1) is 12.4. The van der Waals surface area contributed by atoms with Crippen LogP contribution in [-0.4, -0.2) is 43.8 Å². The molecule has 3 rings (SSSR count). The third kappa shape index (κ3) is 4.45. The maximum Gasteiger partial charge on any atom is 0.224 e. The summed E-state index contributed by atoms with van der Waals surface area (Å²) in [6, 6.07) is 9.18. The van der Waals surface area contributed by atoms with Crippen LogP contribution >= 0.6 is 0 Å². The highest BCUT2D eigenvalue weighted by Crippen LogP contribution is 2.30. The van der Waals surface area contributed by atoms with Crippen LogP contribution in [0.4, 0.5) is 0 Å². The molecule has 1 aliphatic heterocycles. The molecule has 6 nitrogen and oxygen atoms in total. The predicted molar refractivity (Wildman–Crippen MR) is 102 cm³/mol. The van der Waals surface area contributed by atoms with Crippen molar-refractivity contribution in [2.45, 2.75) is 49.8 Å². The van der Waals surface area contributed by atoms with Crippen molar-refractivity contribution in [3.05, 3.63) is 35.9 Å². The number of amides is 1. The van der Waals surface area contributed by atoms with E-state index in [0.29, 0.717) is 19.5 Å². The van der Waals surface area contributed by atoms with Crippen LogP contribution in [0.5, 0.6) is 0 Å². The van der Waals surface area contributed by atoms with E-state index in [0.717, 1.165) is 37.7 Å². The summed E-state index contributed by atoms with van der Waals surface area (Å²) in [5, 5.41) is 3.15. The molecule has 0 aromatic heterocycles. The first-order valence-corrected chi connectivity index (χ1v) is 11.1. The SMILES string of the molecule is NCC1(NC(=O)C2CCCN(S(=O)(=O)Cc3ccccc3)C2)CCCC1. The quantitative estimate of drug-likeness (QED) is 0.785. The Morgan fingerprint density at radius 1 is 1.19 bits per heavy atom. The maximum atomic E-state index is 12.8. The van der Waals surface area contributed by atoms with Crippen molar-refractivity contribution in [3.63, 3.8) is 0 Å². The van der Waals surface area contributed by atoms with Crippen molar-refractivity contribution in [2.75, 3.05) is 19.6 Å². The lowest BCUT2D eigenvalue weighted by atomic mass is 9.93. The standard InChI is InChI=1S/C19H29N3O3S/c20-15-19(10-4-5-11-19)21-18(23)17-9-6-12-22(13-17)26(24,25)14-16-7-2-1-3-8-16/h1-3,7-8,17H,4-6,9-15,20H2,(H,21,23). The summed E-state index contributed by atoms with van der Waals surface area (Å²) < 4.78 is 27.0. The van der Waals surface area contributed by atoms with E-state index in [1.165, 1.54) is 4.31 Å². The highest BCUT2D eigenvalue weighted by molar-refractivity contribution is 7.88. The van der Waals surface area contributed by atoms with Crippen molar-refractivity contribution in [1.29, 1.82) is 0 Å². The molecule has 1 aromatic rings. The van der Waals surface area contributed by atoms with Crippen LogP contribution in [-0.2, 0) is 20.6 Å². The van der Waals surface area contributed by atoms with E-state index in [9.17, 15) is 13.2 Å². The van der Waals surface area contributed by atoms with E-state index in [-0.39, 0.29) is 29.7 Å². The molecule has 1 aromatic carbocycles. The zero-order chi connectivity index (χ0) is 18.6. The molecule has 0 radical (unpaired) electrons. The third-order valence-corrected chi connectivity index (χ3v) is 7.50. The topological polar surface area (TPSA) is 92.5 Å². The van der Waals surface area contributed by atoms with Gasteiger partial charge in [-0.2, -0.15) is 0 Å². The average molecular weight is 380 g/mol. The number of rotatable bonds is 6. The fourth-order valence-electron chi connectivity index (χ4n) is 4.08. The Labute approximate surface area is 156 Å². The first kappa shape index (κ1) is 19.3. The minimum atomic E-state index is -3.42.